The van der Waals surface area contributed by atoms with Crippen LogP contribution in [0.2, 0.25) is 0 Å². The number of benzene rings is 1. The number of hydrogen-bond donors (Lipinski definition) is 2. The number of sulfone groups is 1. The fraction of sp³-hybridized carbons (Fsp3) is 0.375. The van der Waals surface area contributed by atoms with Crippen molar-refractivity contribution in [1.82, 2.24) is 20.3 Å². The molecule has 2 amide bonds. The molecule has 2 atom stereocenters. The van der Waals surface area contributed by atoms with Gasteiger partial charge in [-0.05, 0) is 11.6 Å². The average molecular weight is 390 g/mol. The summed E-state index contributed by atoms with van der Waals surface area (Å²) < 4.78 is 26.7. The molecule has 4 rings (SSSR count). The molecule has 0 radical (unpaired) electrons. The first-order valence-corrected chi connectivity index (χ1v) is 9.99. The minimum absolute atomic E-state index is 0.0468. The van der Waals surface area contributed by atoms with Crippen molar-refractivity contribution >= 4 is 27.3 Å². The van der Waals surface area contributed by atoms with Crippen LogP contribution in [0.5, 0.6) is 0 Å². The third-order valence-corrected chi connectivity index (χ3v) is 6.53. The molecule has 3 heterocycles. The fourth-order valence-electron chi connectivity index (χ4n) is 3.53. The van der Waals surface area contributed by atoms with Crippen LogP contribution < -0.4 is 16.0 Å². The smallest absolute Gasteiger partial charge is 0.245 e. The van der Waals surface area contributed by atoms with E-state index in [0.29, 0.717) is 11.3 Å². The minimum atomic E-state index is -3.72. The second-order valence-corrected chi connectivity index (χ2v) is 8.68. The quantitative estimate of drug-likeness (QED) is 0.650. The van der Waals surface area contributed by atoms with Gasteiger partial charge < -0.3 is 11.1 Å². The lowest BCUT2D eigenvalue weighted by molar-refractivity contribution is -0.126. The topological polar surface area (TPSA) is 140 Å². The Morgan fingerprint density at radius 2 is 2.19 bits per heavy atom. The highest BCUT2D eigenvalue weighted by Crippen LogP contribution is 2.40. The number of aromatic nitrogens is 3. The summed E-state index contributed by atoms with van der Waals surface area (Å²) in [4.78, 5) is 26.8. The van der Waals surface area contributed by atoms with Gasteiger partial charge in [-0.3, -0.25) is 19.2 Å². The highest BCUT2D eigenvalue weighted by atomic mass is 32.2. The van der Waals surface area contributed by atoms with Crippen LogP contribution in [-0.4, -0.2) is 53.1 Å². The van der Waals surface area contributed by atoms with Gasteiger partial charge in [0.2, 0.25) is 11.8 Å². The molecule has 27 heavy (non-hydrogen) atoms. The van der Waals surface area contributed by atoms with E-state index in [9.17, 15) is 18.0 Å². The van der Waals surface area contributed by atoms with E-state index in [-0.39, 0.29) is 23.5 Å². The lowest BCUT2D eigenvalue weighted by Gasteiger charge is -2.25. The summed E-state index contributed by atoms with van der Waals surface area (Å²) in [6.07, 6.45) is 1.89. The Morgan fingerprint density at radius 1 is 1.41 bits per heavy atom. The van der Waals surface area contributed by atoms with E-state index >= 15 is 0 Å². The highest BCUT2D eigenvalue weighted by molar-refractivity contribution is 7.91. The van der Waals surface area contributed by atoms with Crippen molar-refractivity contribution in [3.8, 4) is 0 Å². The van der Waals surface area contributed by atoms with Crippen LogP contribution in [0, 0.1) is 0 Å². The number of amides is 2. The normalized spacial score (nSPS) is 23.0. The molecular formula is C16H18N6O4S. The van der Waals surface area contributed by atoms with Gasteiger partial charge in [-0.15, -0.1) is 5.10 Å². The van der Waals surface area contributed by atoms with Crippen molar-refractivity contribution in [2.24, 2.45) is 12.8 Å². The molecule has 2 aliphatic rings. The molecular weight excluding hydrogens is 372 g/mol. The number of carbonyl (C=O) groups is 2. The van der Waals surface area contributed by atoms with Gasteiger partial charge >= 0.3 is 0 Å². The van der Waals surface area contributed by atoms with Gasteiger partial charge in [-0.2, -0.15) is 0 Å². The first kappa shape index (κ1) is 17.6. The molecule has 0 fully saturated rings. The van der Waals surface area contributed by atoms with Gasteiger partial charge in [-0.25, -0.2) is 8.42 Å². The molecule has 0 spiro atoms. The molecule has 0 aliphatic carbocycles. The molecule has 2 aromatic rings. The lowest BCUT2D eigenvalue weighted by atomic mass is 10.1. The third kappa shape index (κ3) is 2.88. The minimum Gasteiger partial charge on any atom is -0.348 e. The first-order chi connectivity index (χ1) is 12.8. The number of aryl methyl sites for hydroxylation is 1. The standard InChI is InChI=1S/C16H18N6O4S/c1-21-7-10(19-20-21)6-18-15(23)12-5-9-3-2-4-13-14(9)22(12)16(24)11(17)8-27(13,25)26/h2-4,7,11-12H,5-6,8,17H2,1H3,(H,18,23)/t11-,12+/m0/s1. The van der Waals surface area contributed by atoms with Crippen molar-refractivity contribution in [1.29, 1.82) is 0 Å². The number of anilines is 1. The first-order valence-electron chi connectivity index (χ1n) is 8.34. The maximum Gasteiger partial charge on any atom is 0.245 e. The Bertz CT molecular complexity index is 1050. The van der Waals surface area contributed by atoms with E-state index in [2.05, 4.69) is 15.6 Å². The SMILES string of the molecule is Cn1cc(CNC(=O)[C@H]2Cc3cccc4c3N2C(=O)[C@@H](N)CS4(=O)=O)nn1. The molecule has 142 valence electrons. The van der Waals surface area contributed by atoms with Gasteiger partial charge in [0.1, 0.15) is 11.7 Å². The predicted molar refractivity (Wildman–Crippen MR) is 94.3 cm³/mol. The second kappa shape index (κ2) is 6.13. The number of rotatable bonds is 3. The van der Waals surface area contributed by atoms with Gasteiger partial charge in [0.25, 0.3) is 0 Å². The summed E-state index contributed by atoms with van der Waals surface area (Å²) in [7, 11) is -2.00. The van der Waals surface area contributed by atoms with Crippen LogP contribution in [0.1, 0.15) is 11.3 Å². The fourth-order valence-corrected chi connectivity index (χ4v) is 5.14. The molecule has 1 aromatic carbocycles. The van der Waals surface area contributed by atoms with Crippen LogP contribution in [0.25, 0.3) is 0 Å². The molecule has 2 aliphatic heterocycles. The zero-order valence-electron chi connectivity index (χ0n) is 14.5. The van der Waals surface area contributed by atoms with Gasteiger partial charge in [0.05, 0.1) is 28.9 Å². The van der Waals surface area contributed by atoms with Crippen LogP contribution in [0.4, 0.5) is 5.69 Å². The average Bonchev–Trinajstić information content (AvgIpc) is 3.19. The number of carbonyl (C=O) groups excluding carboxylic acids is 2. The van der Waals surface area contributed by atoms with Crippen molar-refractivity contribution < 1.29 is 18.0 Å². The van der Waals surface area contributed by atoms with Crippen LogP contribution in [0.15, 0.2) is 29.3 Å². The third-order valence-electron chi connectivity index (χ3n) is 4.73. The maximum absolute atomic E-state index is 12.8. The summed E-state index contributed by atoms with van der Waals surface area (Å²) in [5.74, 6) is -1.45. The largest absolute Gasteiger partial charge is 0.348 e. The van der Waals surface area contributed by atoms with Crippen molar-refractivity contribution in [2.75, 3.05) is 10.7 Å². The van der Waals surface area contributed by atoms with E-state index in [1.54, 1.807) is 25.4 Å². The number of nitrogens with zero attached hydrogens (tertiary/aromatic N) is 4. The Balaban J connectivity index is 1.67. The van der Waals surface area contributed by atoms with E-state index in [0.717, 1.165) is 0 Å². The summed E-state index contributed by atoms with van der Waals surface area (Å²) in [6, 6.07) is 2.71. The van der Waals surface area contributed by atoms with Crippen LogP contribution >= 0.6 is 0 Å². The van der Waals surface area contributed by atoms with Crippen LogP contribution in [-0.2, 0) is 39.4 Å². The lowest BCUT2D eigenvalue weighted by Crippen LogP contribution is -2.53. The van der Waals surface area contributed by atoms with E-state index in [4.69, 9.17) is 5.73 Å². The Hall–Kier alpha value is -2.79. The van der Waals surface area contributed by atoms with Gasteiger partial charge in [0.15, 0.2) is 9.84 Å². The monoisotopic (exact) mass is 390 g/mol. The van der Waals surface area contributed by atoms with E-state index < -0.39 is 39.5 Å². The molecule has 0 saturated heterocycles. The summed E-state index contributed by atoms with van der Waals surface area (Å²) >= 11 is 0. The van der Waals surface area contributed by atoms with Crippen LogP contribution in [0.3, 0.4) is 0 Å². The van der Waals surface area contributed by atoms with Crippen molar-refractivity contribution in [3.05, 3.63) is 35.7 Å². The van der Waals surface area contributed by atoms with Crippen molar-refractivity contribution in [2.45, 2.75) is 29.9 Å². The summed E-state index contributed by atoms with van der Waals surface area (Å²) in [6.45, 7) is 0.152. The highest BCUT2D eigenvalue weighted by Gasteiger charge is 2.46. The number of nitrogens with two attached hydrogens (primary N) is 1. The molecule has 3 N–H and O–H groups in total. The van der Waals surface area contributed by atoms with Gasteiger partial charge in [0, 0.05) is 19.7 Å². The van der Waals surface area contributed by atoms with Crippen molar-refractivity contribution in [3.63, 3.8) is 0 Å². The Labute approximate surface area is 155 Å². The summed E-state index contributed by atoms with van der Waals surface area (Å²) in [5.41, 5.74) is 7.31. The van der Waals surface area contributed by atoms with E-state index in [1.165, 1.54) is 15.6 Å². The molecule has 0 bridgehead atoms. The molecule has 10 nitrogen and oxygen atoms in total. The Kier molecular flexibility index (Phi) is 4.00. The molecule has 1 aromatic heterocycles. The number of para-hydroxylation sites is 1. The number of hydrogen-bond acceptors (Lipinski definition) is 7. The number of nitrogens with one attached hydrogen (secondary N) is 1. The Morgan fingerprint density at radius 3 is 2.89 bits per heavy atom. The molecule has 11 heteroatoms. The second-order valence-electron chi connectivity index (χ2n) is 6.68. The summed E-state index contributed by atoms with van der Waals surface area (Å²) in [5, 5.41) is 10.4. The predicted octanol–water partition coefficient (Wildman–Crippen LogP) is -1.50. The van der Waals surface area contributed by atoms with E-state index in [1.807, 2.05) is 0 Å². The zero-order valence-corrected chi connectivity index (χ0v) is 15.3. The zero-order chi connectivity index (χ0) is 19.3. The van der Waals surface area contributed by atoms with Gasteiger partial charge in [-0.1, -0.05) is 17.3 Å². The molecule has 0 saturated carbocycles. The molecule has 0 unspecified atom stereocenters. The maximum atomic E-state index is 12.8.